The van der Waals surface area contributed by atoms with Crippen LogP contribution in [0.25, 0.3) is 0 Å². The first kappa shape index (κ1) is 10.0. The molecule has 4 atom stereocenters. The van der Waals surface area contributed by atoms with Crippen LogP contribution in [0.3, 0.4) is 0 Å². The maximum Gasteiger partial charge on any atom is 0.0655 e. The first-order valence-corrected chi connectivity index (χ1v) is 6.23. The second-order valence-electron chi connectivity index (χ2n) is 5.25. The molecule has 14 heavy (non-hydrogen) atoms. The molecule has 0 N–H and O–H groups in total. The van der Waals surface area contributed by atoms with Crippen molar-refractivity contribution in [1.82, 2.24) is 0 Å². The van der Waals surface area contributed by atoms with Crippen molar-refractivity contribution in [1.29, 1.82) is 5.26 Å². The Labute approximate surface area is 87.5 Å². The second kappa shape index (κ2) is 4.34. The third-order valence-corrected chi connectivity index (χ3v) is 4.48. The van der Waals surface area contributed by atoms with Gasteiger partial charge in [-0.2, -0.15) is 5.26 Å². The van der Waals surface area contributed by atoms with Crippen molar-refractivity contribution in [3.8, 4) is 6.07 Å². The van der Waals surface area contributed by atoms with Gasteiger partial charge in [0.25, 0.3) is 0 Å². The van der Waals surface area contributed by atoms with E-state index in [0.29, 0.717) is 5.92 Å². The van der Waals surface area contributed by atoms with E-state index in [2.05, 4.69) is 13.0 Å². The van der Waals surface area contributed by atoms with Crippen molar-refractivity contribution in [3.05, 3.63) is 0 Å². The first-order chi connectivity index (χ1) is 6.83. The Hall–Kier alpha value is -0.510. The smallest absolute Gasteiger partial charge is 0.0655 e. The van der Waals surface area contributed by atoms with Gasteiger partial charge in [0.05, 0.1) is 6.07 Å². The Morgan fingerprint density at radius 2 is 1.79 bits per heavy atom. The molecule has 1 heteroatoms. The molecule has 0 aromatic heterocycles. The first-order valence-electron chi connectivity index (χ1n) is 6.23. The van der Waals surface area contributed by atoms with Crippen LogP contribution in [0.5, 0.6) is 0 Å². The lowest BCUT2D eigenvalue weighted by Crippen LogP contribution is -2.30. The molecule has 2 unspecified atom stereocenters. The van der Waals surface area contributed by atoms with Gasteiger partial charge in [-0.3, -0.25) is 0 Å². The fraction of sp³-hybridized carbons (Fsp3) is 0.923. The number of hydrogen-bond donors (Lipinski definition) is 0. The van der Waals surface area contributed by atoms with Gasteiger partial charge in [0, 0.05) is 5.92 Å². The number of nitrogens with zero attached hydrogens (tertiary/aromatic N) is 1. The van der Waals surface area contributed by atoms with Gasteiger partial charge < -0.3 is 0 Å². The van der Waals surface area contributed by atoms with Crippen LogP contribution in [0.15, 0.2) is 0 Å². The molecule has 0 amide bonds. The summed E-state index contributed by atoms with van der Waals surface area (Å²) in [5.74, 6) is 3.25. The highest BCUT2D eigenvalue weighted by Gasteiger charge is 2.34. The Morgan fingerprint density at radius 3 is 2.50 bits per heavy atom. The number of nitriles is 1. The molecule has 2 fully saturated rings. The van der Waals surface area contributed by atoms with Gasteiger partial charge in [-0.1, -0.05) is 19.8 Å². The molecular formula is C13H21N. The fourth-order valence-corrected chi connectivity index (χ4v) is 3.47. The summed E-state index contributed by atoms with van der Waals surface area (Å²) in [7, 11) is 0. The maximum atomic E-state index is 8.93. The Kier molecular flexibility index (Phi) is 3.11. The van der Waals surface area contributed by atoms with Crippen LogP contribution >= 0.6 is 0 Å². The van der Waals surface area contributed by atoms with Crippen molar-refractivity contribution in [2.75, 3.05) is 0 Å². The fourth-order valence-electron chi connectivity index (χ4n) is 3.47. The van der Waals surface area contributed by atoms with Gasteiger partial charge >= 0.3 is 0 Å². The van der Waals surface area contributed by atoms with E-state index in [0.717, 1.165) is 17.8 Å². The lowest BCUT2D eigenvalue weighted by Gasteiger charge is -2.40. The molecule has 0 heterocycles. The molecule has 2 aliphatic rings. The quantitative estimate of drug-likeness (QED) is 0.619. The van der Waals surface area contributed by atoms with Crippen molar-refractivity contribution in [2.24, 2.45) is 23.7 Å². The van der Waals surface area contributed by atoms with E-state index in [1.165, 1.54) is 44.9 Å². The topological polar surface area (TPSA) is 23.8 Å². The summed E-state index contributed by atoms with van der Waals surface area (Å²) in [5.41, 5.74) is 0. The number of hydrogen-bond acceptors (Lipinski definition) is 1. The summed E-state index contributed by atoms with van der Waals surface area (Å²) < 4.78 is 0. The van der Waals surface area contributed by atoms with Gasteiger partial charge in [-0.25, -0.2) is 0 Å². The highest BCUT2D eigenvalue weighted by Crippen LogP contribution is 2.45. The lowest BCUT2D eigenvalue weighted by atomic mass is 9.65. The molecule has 0 spiro atoms. The van der Waals surface area contributed by atoms with Crippen molar-refractivity contribution >= 4 is 0 Å². The van der Waals surface area contributed by atoms with Crippen LogP contribution in [-0.2, 0) is 0 Å². The van der Waals surface area contributed by atoms with Gasteiger partial charge in [0.1, 0.15) is 0 Å². The van der Waals surface area contributed by atoms with E-state index in [9.17, 15) is 0 Å². The standard InChI is InChI=1S/C13H21N/c1-2-10-3-5-13-8-11(9-14)4-6-12(13)7-10/h10-13H,2-8H2,1H3/t10?,11-,12-,13?/m1/s1. The molecule has 0 aliphatic heterocycles. The predicted octanol–water partition coefficient (Wildman–Crippen LogP) is 3.75. The van der Waals surface area contributed by atoms with Crippen LogP contribution in [0.2, 0.25) is 0 Å². The summed E-state index contributed by atoms with van der Waals surface area (Å²) in [5, 5.41) is 8.93. The molecule has 2 saturated carbocycles. The minimum absolute atomic E-state index is 0.384. The van der Waals surface area contributed by atoms with Crippen molar-refractivity contribution in [2.45, 2.75) is 51.9 Å². The maximum absolute atomic E-state index is 8.93. The van der Waals surface area contributed by atoms with Crippen LogP contribution in [0.4, 0.5) is 0 Å². The van der Waals surface area contributed by atoms with Gasteiger partial charge in [-0.15, -0.1) is 0 Å². The average molecular weight is 191 g/mol. The van der Waals surface area contributed by atoms with Crippen LogP contribution in [-0.4, -0.2) is 0 Å². The van der Waals surface area contributed by atoms with E-state index in [1.54, 1.807) is 0 Å². The summed E-state index contributed by atoms with van der Waals surface area (Å²) in [6.07, 6.45) is 9.37. The second-order valence-corrected chi connectivity index (χ2v) is 5.25. The van der Waals surface area contributed by atoms with Gasteiger partial charge in [-0.05, 0) is 49.9 Å². The zero-order valence-electron chi connectivity index (χ0n) is 9.21. The molecule has 0 aromatic rings. The molecule has 78 valence electrons. The zero-order chi connectivity index (χ0) is 9.97. The molecule has 1 nitrogen and oxygen atoms in total. The minimum Gasteiger partial charge on any atom is -0.198 e. The minimum atomic E-state index is 0.384. The van der Waals surface area contributed by atoms with Crippen LogP contribution in [0.1, 0.15) is 51.9 Å². The highest BCUT2D eigenvalue weighted by molar-refractivity contribution is 4.93. The molecule has 0 aromatic carbocycles. The van der Waals surface area contributed by atoms with Crippen molar-refractivity contribution < 1.29 is 0 Å². The van der Waals surface area contributed by atoms with E-state index in [-0.39, 0.29) is 0 Å². The van der Waals surface area contributed by atoms with E-state index in [4.69, 9.17) is 5.26 Å². The summed E-state index contributed by atoms with van der Waals surface area (Å²) in [4.78, 5) is 0. The zero-order valence-corrected chi connectivity index (χ0v) is 9.21. The van der Waals surface area contributed by atoms with Gasteiger partial charge in [0.2, 0.25) is 0 Å². The monoisotopic (exact) mass is 191 g/mol. The molecule has 0 bridgehead atoms. The largest absolute Gasteiger partial charge is 0.198 e. The lowest BCUT2D eigenvalue weighted by molar-refractivity contribution is 0.111. The van der Waals surface area contributed by atoms with Crippen LogP contribution < -0.4 is 0 Å². The normalized spacial score (nSPS) is 42.6. The van der Waals surface area contributed by atoms with E-state index >= 15 is 0 Å². The van der Waals surface area contributed by atoms with E-state index in [1.807, 2.05) is 0 Å². The SMILES string of the molecule is CCC1CCC2C[C@H](C#N)CC[C@@H]2C1. The van der Waals surface area contributed by atoms with Crippen molar-refractivity contribution in [3.63, 3.8) is 0 Å². The molecule has 2 rings (SSSR count). The van der Waals surface area contributed by atoms with E-state index < -0.39 is 0 Å². The third-order valence-electron chi connectivity index (χ3n) is 4.48. The van der Waals surface area contributed by atoms with Gasteiger partial charge in [0.15, 0.2) is 0 Å². The third kappa shape index (κ3) is 1.95. The Bertz CT molecular complexity index is 228. The molecular weight excluding hydrogens is 170 g/mol. The summed E-state index contributed by atoms with van der Waals surface area (Å²) in [6.45, 7) is 2.33. The van der Waals surface area contributed by atoms with Crippen LogP contribution in [0, 0.1) is 35.0 Å². The predicted molar refractivity (Wildman–Crippen MR) is 57.6 cm³/mol. The molecule has 0 radical (unpaired) electrons. The Balaban J connectivity index is 1.92. The summed E-state index contributed by atoms with van der Waals surface area (Å²) >= 11 is 0. The highest BCUT2D eigenvalue weighted by atomic mass is 14.4. The average Bonchev–Trinajstić information content (AvgIpc) is 2.27. The number of rotatable bonds is 1. The Morgan fingerprint density at radius 1 is 1.07 bits per heavy atom. The molecule has 2 aliphatic carbocycles. The number of fused-ring (bicyclic) bond motifs is 1. The summed E-state index contributed by atoms with van der Waals surface area (Å²) in [6, 6.07) is 2.46. The molecule has 0 saturated heterocycles.